The van der Waals surface area contributed by atoms with Gasteiger partial charge in [-0.15, -0.1) is 0 Å². The molecule has 1 aliphatic rings. The molecule has 0 unspecified atom stereocenters. The van der Waals surface area contributed by atoms with Crippen LogP contribution in [0.15, 0.2) is 4.79 Å². The number of nitrogens with one attached hydrogen (secondary N) is 2. The first-order valence-electron chi connectivity index (χ1n) is 9.26. The highest BCUT2D eigenvalue weighted by Crippen LogP contribution is 2.08. The molecule has 0 spiro atoms. The topological polar surface area (TPSA) is 115 Å². The summed E-state index contributed by atoms with van der Waals surface area (Å²) in [6.07, 6.45) is 0.690. The number of amides is 1. The minimum absolute atomic E-state index is 0.0691. The van der Waals surface area contributed by atoms with Crippen LogP contribution in [0, 0.1) is 13.8 Å². The molecule has 0 aliphatic carbocycles. The number of nitrogens with zero attached hydrogens (tertiary/aromatic N) is 3. The number of aryl methyl sites for hydroxylation is 1. The summed E-state index contributed by atoms with van der Waals surface area (Å²) in [7, 11) is -3.13. The number of hydrogen-bond acceptors (Lipinski definition) is 6. The summed E-state index contributed by atoms with van der Waals surface area (Å²) >= 11 is 0. The predicted molar refractivity (Wildman–Crippen MR) is 103 cm³/mol. The van der Waals surface area contributed by atoms with E-state index in [1.54, 1.807) is 18.2 Å². The van der Waals surface area contributed by atoms with Crippen molar-refractivity contribution in [2.45, 2.75) is 33.6 Å². The van der Waals surface area contributed by atoms with Gasteiger partial charge in [0.25, 0.3) is 5.56 Å². The van der Waals surface area contributed by atoms with Gasteiger partial charge in [0, 0.05) is 44.8 Å². The molecule has 10 heteroatoms. The molecule has 0 atom stereocenters. The quantitative estimate of drug-likeness (QED) is 0.603. The van der Waals surface area contributed by atoms with Crippen molar-refractivity contribution in [2.75, 3.05) is 45.0 Å². The van der Waals surface area contributed by atoms with Gasteiger partial charge in [-0.05, 0) is 20.3 Å². The fourth-order valence-electron chi connectivity index (χ4n) is 3.06. The van der Waals surface area contributed by atoms with Crippen LogP contribution in [0.1, 0.15) is 30.4 Å². The van der Waals surface area contributed by atoms with Crippen molar-refractivity contribution < 1.29 is 13.2 Å². The summed E-state index contributed by atoms with van der Waals surface area (Å²) in [5.41, 5.74) is 0.727. The lowest BCUT2D eigenvalue weighted by Gasteiger charge is -2.33. The minimum atomic E-state index is -3.13. The Balaban J connectivity index is 1.75. The summed E-state index contributed by atoms with van der Waals surface area (Å²) in [5, 5.41) is 2.84. The Morgan fingerprint density at radius 2 is 1.89 bits per heavy atom. The number of aromatic nitrogens is 2. The van der Waals surface area contributed by atoms with E-state index < -0.39 is 10.0 Å². The van der Waals surface area contributed by atoms with Gasteiger partial charge in [0.15, 0.2) is 0 Å². The molecule has 0 bridgehead atoms. The standard InChI is InChI=1S/C17H29N5O4S/c1-4-11-27(25,26)22-9-7-21(8-10-22)6-5-18-16(23)12-15-13(2)17(24)20-14(3)19-15/h4-12H2,1-3H3,(H,18,23)(H,19,20,24). The SMILES string of the molecule is CCCS(=O)(=O)N1CCN(CCNC(=O)Cc2nc(C)[nH]c(=O)c2C)CC1. The molecular formula is C17H29N5O4S. The Labute approximate surface area is 160 Å². The number of rotatable bonds is 8. The number of hydrogen-bond donors (Lipinski definition) is 2. The van der Waals surface area contributed by atoms with E-state index >= 15 is 0 Å². The summed E-state index contributed by atoms with van der Waals surface area (Å²) in [6, 6.07) is 0. The molecule has 0 aromatic carbocycles. The van der Waals surface area contributed by atoms with Crippen molar-refractivity contribution in [3.63, 3.8) is 0 Å². The molecule has 2 rings (SSSR count). The summed E-state index contributed by atoms with van der Waals surface area (Å²) < 4.78 is 25.7. The summed E-state index contributed by atoms with van der Waals surface area (Å²) in [4.78, 5) is 32.8. The zero-order valence-corrected chi connectivity index (χ0v) is 17.1. The molecule has 2 N–H and O–H groups in total. The molecular weight excluding hydrogens is 370 g/mol. The van der Waals surface area contributed by atoms with Crippen LogP contribution in [0.2, 0.25) is 0 Å². The fraction of sp³-hybridized carbons (Fsp3) is 0.706. The number of aromatic amines is 1. The Hall–Kier alpha value is -1.78. The zero-order valence-electron chi connectivity index (χ0n) is 16.2. The first-order chi connectivity index (χ1) is 12.7. The van der Waals surface area contributed by atoms with Crippen molar-refractivity contribution in [1.82, 2.24) is 24.5 Å². The summed E-state index contributed by atoms with van der Waals surface area (Å²) in [5.74, 6) is 0.502. The highest BCUT2D eigenvalue weighted by atomic mass is 32.2. The maximum Gasteiger partial charge on any atom is 0.254 e. The monoisotopic (exact) mass is 399 g/mol. The van der Waals surface area contributed by atoms with Crippen molar-refractivity contribution in [3.05, 3.63) is 27.4 Å². The smallest absolute Gasteiger partial charge is 0.254 e. The Bertz CT molecular complexity index is 813. The third-order valence-electron chi connectivity index (χ3n) is 4.64. The van der Waals surface area contributed by atoms with Crippen molar-refractivity contribution in [1.29, 1.82) is 0 Å². The van der Waals surface area contributed by atoms with E-state index in [2.05, 4.69) is 20.2 Å². The average Bonchev–Trinajstić information content (AvgIpc) is 2.59. The first kappa shape index (κ1) is 21.5. The molecule has 1 aliphatic heterocycles. The fourth-order valence-corrected chi connectivity index (χ4v) is 4.56. The highest BCUT2D eigenvalue weighted by Gasteiger charge is 2.25. The maximum absolute atomic E-state index is 12.1. The third-order valence-corrected chi connectivity index (χ3v) is 6.71. The van der Waals surface area contributed by atoms with Crippen molar-refractivity contribution in [2.24, 2.45) is 0 Å². The lowest BCUT2D eigenvalue weighted by atomic mass is 10.2. The van der Waals surface area contributed by atoms with Gasteiger partial charge in [0.05, 0.1) is 17.9 Å². The maximum atomic E-state index is 12.1. The molecule has 27 heavy (non-hydrogen) atoms. The number of piperazine rings is 1. The first-order valence-corrected chi connectivity index (χ1v) is 10.9. The number of carbonyl (C=O) groups excluding carboxylic acids is 1. The Morgan fingerprint density at radius 1 is 1.22 bits per heavy atom. The number of carbonyl (C=O) groups is 1. The van der Waals surface area contributed by atoms with E-state index in [4.69, 9.17) is 0 Å². The molecule has 9 nitrogen and oxygen atoms in total. The van der Waals surface area contributed by atoms with E-state index in [1.165, 1.54) is 0 Å². The van der Waals surface area contributed by atoms with Crippen LogP contribution in [0.4, 0.5) is 0 Å². The van der Waals surface area contributed by atoms with Crippen molar-refractivity contribution >= 4 is 15.9 Å². The van der Waals surface area contributed by atoms with E-state index in [9.17, 15) is 18.0 Å². The normalized spacial score (nSPS) is 16.4. The molecule has 0 radical (unpaired) electrons. The molecule has 1 fully saturated rings. The van der Waals surface area contributed by atoms with Gasteiger partial charge in [-0.3, -0.25) is 14.5 Å². The van der Waals surface area contributed by atoms with Crippen LogP contribution in [-0.4, -0.2) is 78.5 Å². The Kier molecular flexibility index (Phi) is 7.51. The van der Waals surface area contributed by atoms with Gasteiger partial charge in [0.1, 0.15) is 5.82 Å². The van der Waals surface area contributed by atoms with E-state index in [-0.39, 0.29) is 23.6 Å². The second-order valence-electron chi connectivity index (χ2n) is 6.81. The van der Waals surface area contributed by atoms with Crippen molar-refractivity contribution in [3.8, 4) is 0 Å². The lowest BCUT2D eigenvalue weighted by Crippen LogP contribution is -2.50. The van der Waals surface area contributed by atoms with Crippen LogP contribution in [0.25, 0.3) is 0 Å². The zero-order chi connectivity index (χ0) is 20.0. The van der Waals surface area contributed by atoms with E-state index in [0.717, 1.165) is 0 Å². The number of sulfonamides is 1. The van der Waals surface area contributed by atoms with Crippen LogP contribution < -0.4 is 10.9 Å². The average molecular weight is 400 g/mol. The van der Waals surface area contributed by atoms with E-state index in [1.807, 2.05) is 6.92 Å². The molecule has 1 aromatic heterocycles. The second-order valence-corrected chi connectivity index (χ2v) is 8.89. The molecule has 1 saturated heterocycles. The summed E-state index contributed by atoms with van der Waals surface area (Å²) in [6.45, 7) is 8.63. The van der Waals surface area contributed by atoms with Crippen LogP contribution in [0.5, 0.6) is 0 Å². The molecule has 0 saturated carbocycles. The number of H-pyrrole nitrogens is 1. The highest BCUT2D eigenvalue weighted by molar-refractivity contribution is 7.89. The third kappa shape index (κ3) is 6.12. The minimum Gasteiger partial charge on any atom is -0.354 e. The van der Waals surface area contributed by atoms with Gasteiger partial charge >= 0.3 is 0 Å². The predicted octanol–water partition coefficient (Wildman–Crippen LogP) is -0.597. The second kappa shape index (κ2) is 9.43. The van der Waals surface area contributed by atoms with Crippen LogP contribution in [0.3, 0.4) is 0 Å². The van der Waals surface area contributed by atoms with E-state index in [0.29, 0.717) is 62.8 Å². The largest absolute Gasteiger partial charge is 0.354 e. The molecule has 1 amide bonds. The Morgan fingerprint density at radius 3 is 2.52 bits per heavy atom. The lowest BCUT2D eigenvalue weighted by molar-refractivity contribution is -0.120. The molecule has 2 heterocycles. The van der Waals surface area contributed by atoms with Gasteiger partial charge in [-0.25, -0.2) is 13.4 Å². The van der Waals surface area contributed by atoms with Gasteiger partial charge < -0.3 is 10.3 Å². The van der Waals surface area contributed by atoms with Gasteiger partial charge in [0.2, 0.25) is 15.9 Å². The molecule has 1 aromatic rings. The van der Waals surface area contributed by atoms with Crippen LogP contribution >= 0.6 is 0 Å². The van der Waals surface area contributed by atoms with Crippen LogP contribution in [-0.2, 0) is 21.2 Å². The van der Waals surface area contributed by atoms with Gasteiger partial charge in [-0.1, -0.05) is 6.92 Å². The molecule has 152 valence electrons. The van der Waals surface area contributed by atoms with Gasteiger partial charge in [-0.2, -0.15) is 4.31 Å².